The standard InChI is InChI=1S/C6H16O3Si.C2F4/c1-4-7-10(8-5-2)9-6-3;3-1(4)2(5)6/h10H,4-6H2,1-3H3;. The second-order valence-electron chi connectivity index (χ2n) is 2.18. The van der Waals surface area contributed by atoms with Crippen LogP contribution in [0.25, 0.3) is 0 Å². The van der Waals surface area contributed by atoms with Crippen LogP contribution in [0.3, 0.4) is 0 Å². The molecule has 0 fully saturated rings. The maximum Gasteiger partial charge on any atom is 0.484 e. The van der Waals surface area contributed by atoms with Crippen molar-refractivity contribution in [1.82, 2.24) is 0 Å². The lowest BCUT2D eigenvalue weighted by Crippen LogP contribution is -2.27. The molecule has 0 saturated heterocycles. The molecule has 0 saturated carbocycles. The van der Waals surface area contributed by atoms with Crippen molar-refractivity contribution < 1.29 is 30.8 Å². The second-order valence-corrected chi connectivity index (χ2v) is 3.75. The van der Waals surface area contributed by atoms with E-state index in [2.05, 4.69) is 0 Å². The third-order valence-electron chi connectivity index (χ3n) is 1.05. The van der Waals surface area contributed by atoms with Crippen molar-refractivity contribution in [2.24, 2.45) is 0 Å². The van der Waals surface area contributed by atoms with Crippen LogP contribution in [-0.2, 0) is 13.3 Å². The number of hydrogen-bond acceptors (Lipinski definition) is 3. The van der Waals surface area contributed by atoms with Crippen LogP contribution in [0, 0.1) is 0 Å². The van der Waals surface area contributed by atoms with Gasteiger partial charge in [0.25, 0.3) is 0 Å². The second kappa shape index (κ2) is 12.6. The lowest BCUT2D eigenvalue weighted by molar-refractivity contribution is 0.107. The van der Waals surface area contributed by atoms with E-state index >= 15 is 0 Å². The van der Waals surface area contributed by atoms with Gasteiger partial charge in [-0.25, -0.2) is 0 Å². The van der Waals surface area contributed by atoms with Gasteiger partial charge in [-0.05, 0) is 20.8 Å². The van der Waals surface area contributed by atoms with Crippen LogP contribution in [0.5, 0.6) is 0 Å². The molecule has 0 unspecified atom stereocenters. The van der Waals surface area contributed by atoms with Crippen LogP contribution in [-0.4, -0.2) is 29.3 Å². The summed E-state index contributed by atoms with van der Waals surface area (Å²) in [6, 6.07) is 0. The van der Waals surface area contributed by atoms with Crippen molar-refractivity contribution in [2.75, 3.05) is 19.8 Å². The van der Waals surface area contributed by atoms with Gasteiger partial charge in [-0.2, -0.15) is 17.6 Å². The van der Waals surface area contributed by atoms with Gasteiger partial charge in [0, 0.05) is 19.8 Å². The molecule has 0 aliphatic heterocycles. The molecule has 0 atom stereocenters. The molecule has 0 aromatic carbocycles. The van der Waals surface area contributed by atoms with E-state index in [1.807, 2.05) is 20.8 Å². The van der Waals surface area contributed by atoms with Gasteiger partial charge in [-0.3, -0.25) is 0 Å². The molecule has 0 aliphatic carbocycles. The van der Waals surface area contributed by atoms with Gasteiger partial charge >= 0.3 is 21.7 Å². The summed E-state index contributed by atoms with van der Waals surface area (Å²) in [6.07, 6.45) is -5.81. The summed E-state index contributed by atoms with van der Waals surface area (Å²) in [5.74, 6) is 0. The molecule has 0 bridgehead atoms. The highest BCUT2D eigenvalue weighted by Gasteiger charge is 2.11. The first-order chi connectivity index (χ1) is 7.49. The van der Waals surface area contributed by atoms with Crippen molar-refractivity contribution in [1.29, 1.82) is 0 Å². The average Bonchev–Trinajstić information content (AvgIpc) is 2.19. The number of halogens is 4. The molecule has 0 aliphatic rings. The van der Waals surface area contributed by atoms with E-state index in [9.17, 15) is 17.6 Å². The molecule has 0 heterocycles. The Hall–Kier alpha value is -0.443. The van der Waals surface area contributed by atoms with Gasteiger partial charge in [0.1, 0.15) is 0 Å². The summed E-state index contributed by atoms with van der Waals surface area (Å²) in [4.78, 5) is 0. The molecular weight excluding hydrogens is 248 g/mol. The minimum absolute atomic E-state index is 0.677. The minimum atomic E-state index is -2.91. The molecule has 8 heteroatoms. The monoisotopic (exact) mass is 264 g/mol. The average molecular weight is 264 g/mol. The number of hydrogen-bond donors (Lipinski definition) is 0. The Labute approximate surface area is 94.0 Å². The minimum Gasteiger partial charge on any atom is -0.376 e. The zero-order valence-electron chi connectivity index (χ0n) is 9.44. The highest BCUT2D eigenvalue weighted by Crippen LogP contribution is 2.08. The Morgan fingerprint density at radius 2 is 1.00 bits per heavy atom. The maximum absolute atomic E-state index is 10.3. The van der Waals surface area contributed by atoms with Gasteiger partial charge in [-0.15, -0.1) is 0 Å². The van der Waals surface area contributed by atoms with E-state index in [-0.39, 0.29) is 0 Å². The van der Waals surface area contributed by atoms with Gasteiger partial charge in [0.05, 0.1) is 0 Å². The van der Waals surface area contributed by atoms with Crippen LogP contribution in [0.15, 0.2) is 12.2 Å². The summed E-state index contributed by atoms with van der Waals surface area (Å²) in [7, 11) is -1.73. The predicted octanol–water partition coefficient (Wildman–Crippen LogP) is 2.80. The molecule has 0 spiro atoms. The zero-order valence-corrected chi connectivity index (χ0v) is 10.6. The summed E-state index contributed by atoms with van der Waals surface area (Å²) < 4.78 is 56.8. The van der Waals surface area contributed by atoms with Gasteiger partial charge < -0.3 is 13.3 Å². The summed E-state index contributed by atoms with van der Waals surface area (Å²) in [5, 5.41) is 0. The van der Waals surface area contributed by atoms with Crippen molar-refractivity contribution in [3.8, 4) is 0 Å². The Kier molecular flexibility index (Phi) is 14.2. The van der Waals surface area contributed by atoms with Crippen molar-refractivity contribution in [3.63, 3.8) is 0 Å². The lowest BCUT2D eigenvalue weighted by atomic mass is 10.9. The maximum atomic E-state index is 10.3. The molecule has 3 nitrogen and oxygen atoms in total. The molecule has 0 rings (SSSR count). The molecule has 0 amide bonds. The van der Waals surface area contributed by atoms with Crippen molar-refractivity contribution in [2.45, 2.75) is 20.8 Å². The first-order valence-corrected chi connectivity index (χ1v) is 6.11. The fourth-order valence-electron chi connectivity index (χ4n) is 0.553. The summed E-state index contributed by atoms with van der Waals surface area (Å²) in [6.45, 7) is 7.86. The fraction of sp³-hybridized carbons (Fsp3) is 0.750. The zero-order chi connectivity index (χ0) is 13.0. The van der Waals surface area contributed by atoms with Gasteiger partial charge in [0.2, 0.25) is 0 Å². The predicted molar refractivity (Wildman–Crippen MR) is 53.5 cm³/mol. The van der Waals surface area contributed by atoms with Crippen LogP contribution in [0.1, 0.15) is 20.8 Å². The van der Waals surface area contributed by atoms with Gasteiger partial charge in [0.15, 0.2) is 0 Å². The third kappa shape index (κ3) is 13.6. The third-order valence-corrected chi connectivity index (χ3v) is 2.87. The van der Waals surface area contributed by atoms with E-state index in [0.29, 0.717) is 19.8 Å². The quantitative estimate of drug-likeness (QED) is 0.545. The molecule has 98 valence electrons. The van der Waals surface area contributed by atoms with Crippen LogP contribution < -0.4 is 0 Å². The van der Waals surface area contributed by atoms with Crippen molar-refractivity contribution in [3.05, 3.63) is 12.2 Å². The SMILES string of the molecule is CCO[SiH](OCC)OCC.FC(F)=C(F)F. The van der Waals surface area contributed by atoms with E-state index < -0.39 is 21.7 Å². The Morgan fingerprint density at radius 1 is 0.750 bits per heavy atom. The van der Waals surface area contributed by atoms with E-state index in [4.69, 9.17) is 13.3 Å². The highest BCUT2D eigenvalue weighted by molar-refractivity contribution is 6.36. The van der Waals surface area contributed by atoms with Crippen molar-refractivity contribution >= 4 is 9.53 Å². The summed E-state index contributed by atoms with van der Waals surface area (Å²) >= 11 is 0. The van der Waals surface area contributed by atoms with Crippen LogP contribution in [0.2, 0.25) is 0 Å². The molecule has 16 heavy (non-hydrogen) atoms. The topological polar surface area (TPSA) is 27.7 Å². The largest absolute Gasteiger partial charge is 0.484 e. The Bertz CT molecular complexity index is 160. The number of rotatable bonds is 6. The van der Waals surface area contributed by atoms with E-state index in [1.54, 1.807) is 0 Å². The summed E-state index contributed by atoms with van der Waals surface area (Å²) in [5.41, 5.74) is 0. The molecule has 0 aromatic rings. The molecule has 0 aromatic heterocycles. The Morgan fingerprint density at radius 3 is 1.12 bits per heavy atom. The van der Waals surface area contributed by atoms with E-state index in [0.717, 1.165) is 0 Å². The van der Waals surface area contributed by atoms with Crippen LogP contribution in [0.4, 0.5) is 17.6 Å². The van der Waals surface area contributed by atoms with Crippen LogP contribution >= 0.6 is 0 Å². The molecule has 0 radical (unpaired) electrons. The first-order valence-electron chi connectivity index (χ1n) is 4.70. The highest BCUT2D eigenvalue weighted by atomic mass is 28.3. The first kappa shape index (κ1) is 17.9. The Balaban J connectivity index is 0. The fourth-order valence-corrected chi connectivity index (χ4v) is 1.66. The lowest BCUT2D eigenvalue weighted by Gasteiger charge is -2.12. The molecular formula is C8H16F4O3Si. The van der Waals surface area contributed by atoms with E-state index in [1.165, 1.54) is 0 Å². The normalized spacial score (nSPS) is 9.75. The van der Waals surface area contributed by atoms with Gasteiger partial charge in [-0.1, -0.05) is 0 Å². The molecule has 0 N–H and O–H groups in total. The smallest absolute Gasteiger partial charge is 0.376 e.